The Bertz CT molecular complexity index is 1380. The first-order valence-corrected chi connectivity index (χ1v) is 17.3. The summed E-state index contributed by atoms with van der Waals surface area (Å²) in [7, 11) is 1.43. The van der Waals surface area contributed by atoms with Crippen molar-refractivity contribution >= 4 is 17.7 Å². The third-order valence-electron chi connectivity index (χ3n) is 8.78. The molecule has 0 radical (unpaired) electrons. The van der Waals surface area contributed by atoms with Crippen LogP contribution in [0.5, 0.6) is 5.75 Å². The van der Waals surface area contributed by atoms with Crippen LogP contribution in [-0.2, 0) is 52.7 Å². The van der Waals surface area contributed by atoms with E-state index in [-0.39, 0.29) is 31.0 Å². The predicted molar refractivity (Wildman–Crippen MR) is 185 cm³/mol. The molecule has 2 aromatic carbocycles. The molecule has 0 spiro atoms. The van der Waals surface area contributed by atoms with Crippen molar-refractivity contribution in [2.45, 2.75) is 71.1 Å². The van der Waals surface area contributed by atoms with Gasteiger partial charge in [-0.3, -0.25) is 14.4 Å². The maximum Gasteiger partial charge on any atom is 0.246 e. The highest BCUT2D eigenvalue weighted by molar-refractivity contribution is 5.93. The number of carbonyl (C=O) groups is 3. The van der Waals surface area contributed by atoms with Gasteiger partial charge in [-0.2, -0.15) is 0 Å². The van der Waals surface area contributed by atoms with E-state index in [2.05, 4.69) is 22.8 Å². The average molecular weight is 683 g/mol. The molecule has 4 rings (SSSR count). The lowest BCUT2D eigenvalue weighted by Gasteiger charge is -2.41. The molecule has 0 fully saturated rings. The summed E-state index contributed by atoms with van der Waals surface area (Å²) in [6, 6.07) is 12.2. The first-order valence-electron chi connectivity index (χ1n) is 17.3. The Morgan fingerprint density at radius 2 is 1.61 bits per heavy atom. The number of benzene rings is 2. The Balaban J connectivity index is 1.45. The van der Waals surface area contributed by atoms with Crippen LogP contribution in [0.2, 0.25) is 0 Å². The molecule has 2 aromatic rings. The number of nitrogens with zero attached hydrogens (tertiary/aromatic N) is 1. The number of hydrogen-bond donors (Lipinski definition) is 3. The number of nitrogens with two attached hydrogens (primary N) is 1. The number of fused-ring (bicyclic) bond motifs is 2. The molecular formula is C37H54N4O8. The van der Waals surface area contributed by atoms with Crippen molar-refractivity contribution < 1.29 is 38.1 Å². The van der Waals surface area contributed by atoms with Crippen LogP contribution in [0.4, 0.5) is 0 Å². The fourth-order valence-corrected chi connectivity index (χ4v) is 6.28. The van der Waals surface area contributed by atoms with E-state index in [1.165, 1.54) is 12.7 Å². The van der Waals surface area contributed by atoms with Crippen molar-refractivity contribution in [3.8, 4) is 5.75 Å². The zero-order chi connectivity index (χ0) is 35.2. The quantitative estimate of drug-likeness (QED) is 0.202. The number of ether oxygens (including phenoxy) is 5. The number of amides is 3. The number of aryl methyl sites for hydroxylation is 1. The van der Waals surface area contributed by atoms with Crippen molar-refractivity contribution in [3.63, 3.8) is 0 Å². The Morgan fingerprint density at radius 3 is 2.31 bits per heavy atom. The van der Waals surface area contributed by atoms with E-state index in [0.29, 0.717) is 65.0 Å². The molecule has 12 nitrogen and oxygen atoms in total. The summed E-state index contributed by atoms with van der Waals surface area (Å²) in [5, 5.41) is 6.14. The van der Waals surface area contributed by atoms with Gasteiger partial charge in [-0.05, 0) is 59.1 Å². The zero-order valence-corrected chi connectivity index (χ0v) is 29.5. The first-order chi connectivity index (χ1) is 23.6. The Morgan fingerprint density at radius 1 is 0.918 bits per heavy atom. The molecule has 0 saturated heterocycles. The lowest BCUT2D eigenvalue weighted by molar-refractivity contribution is -0.147. The minimum Gasteiger partial charge on any atom is -0.491 e. The lowest BCUT2D eigenvalue weighted by atomic mass is 9.84. The van der Waals surface area contributed by atoms with Crippen molar-refractivity contribution in [2.24, 2.45) is 11.1 Å². The number of rotatable bonds is 18. The highest BCUT2D eigenvalue weighted by Crippen LogP contribution is 2.33. The molecule has 270 valence electrons. The number of hydrogen-bond acceptors (Lipinski definition) is 9. The number of carbonyl (C=O) groups excluding carboxylic acids is 3. The van der Waals surface area contributed by atoms with Crippen molar-refractivity contribution in [1.29, 1.82) is 0 Å². The maximum atomic E-state index is 14.4. The van der Waals surface area contributed by atoms with E-state index in [1.807, 2.05) is 51.1 Å². The van der Waals surface area contributed by atoms with Crippen LogP contribution in [0, 0.1) is 5.41 Å². The first kappa shape index (κ1) is 38.3. The largest absolute Gasteiger partial charge is 0.491 e. The Labute approximate surface area is 290 Å². The van der Waals surface area contributed by atoms with Crippen LogP contribution >= 0.6 is 0 Å². The summed E-state index contributed by atoms with van der Waals surface area (Å²) in [4.78, 5) is 42.8. The molecule has 1 aliphatic carbocycles. The summed E-state index contributed by atoms with van der Waals surface area (Å²) in [6.07, 6.45) is 3.13. The second-order valence-corrected chi connectivity index (χ2v) is 13.5. The van der Waals surface area contributed by atoms with E-state index in [9.17, 15) is 14.4 Å². The van der Waals surface area contributed by atoms with Crippen LogP contribution in [-0.4, -0.2) is 101 Å². The van der Waals surface area contributed by atoms with Gasteiger partial charge in [0.15, 0.2) is 0 Å². The molecule has 0 unspecified atom stereocenters. The van der Waals surface area contributed by atoms with Crippen molar-refractivity contribution in [3.05, 3.63) is 64.7 Å². The third-order valence-corrected chi connectivity index (χ3v) is 8.78. The van der Waals surface area contributed by atoms with Crippen LogP contribution in [0.3, 0.4) is 0 Å². The standard InChI is InChI=1S/C37H54N4O8/c1-37(2,3)34(40-33(42)25-45-4)36(44)41-24-28-22-29(49-21-20-48-19-18-47-17-16-46-15-14-38)13-12-27(28)23-32(41)35(43)39-31-11-7-9-26-8-5-6-10-30(26)31/h5-6,8,10,12-13,22,31-32,34H,7,9,11,14-21,23-25,38H2,1-4H3,(H,39,43)(H,40,42)/t31-,32+,34-/m1/s1. The van der Waals surface area contributed by atoms with Gasteiger partial charge in [0.05, 0.1) is 45.7 Å². The van der Waals surface area contributed by atoms with Crippen LogP contribution < -0.4 is 21.1 Å². The summed E-state index contributed by atoms with van der Waals surface area (Å²) >= 11 is 0. The Hall–Kier alpha value is -3.55. The average Bonchev–Trinajstić information content (AvgIpc) is 3.08. The highest BCUT2D eigenvalue weighted by Gasteiger charge is 2.42. The molecule has 49 heavy (non-hydrogen) atoms. The number of nitrogens with one attached hydrogen (secondary N) is 2. The minimum atomic E-state index is -0.874. The van der Waals surface area contributed by atoms with Gasteiger partial charge in [0, 0.05) is 26.6 Å². The molecule has 2 aliphatic rings. The lowest BCUT2D eigenvalue weighted by Crippen LogP contribution is -2.61. The summed E-state index contributed by atoms with van der Waals surface area (Å²) in [5.74, 6) is -0.277. The van der Waals surface area contributed by atoms with Gasteiger partial charge in [-0.1, -0.05) is 51.1 Å². The molecule has 0 saturated carbocycles. The molecule has 3 atom stereocenters. The molecule has 12 heteroatoms. The molecule has 1 heterocycles. The summed E-state index contributed by atoms with van der Waals surface area (Å²) in [6.45, 7) is 9.33. The molecular weight excluding hydrogens is 628 g/mol. The fourth-order valence-electron chi connectivity index (χ4n) is 6.28. The number of methoxy groups -OCH3 is 1. The van der Waals surface area contributed by atoms with Crippen molar-refractivity contribution in [2.75, 3.05) is 66.5 Å². The summed E-state index contributed by atoms with van der Waals surface area (Å²) < 4.78 is 27.4. The molecule has 4 N–H and O–H groups in total. The van der Waals surface area contributed by atoms with Gasteiger partial charge in [-0.15, -0.1) is 0 Å². The monoisotopic (exact) mass is 682 g/mol. The topological polar surface area (TPSA) is 151 Å². The Kier molecular flexibility index (Phi) is 14.8. The van der Waals surface area contributed by atoms with Crippen molar-refractivity contribution in [1.82, 2.24) is 15.5 Å². The van der Waals surface area contributed by atoms with Gasteiger partial charge in [0.2, 0.25) is 17.7 Å². The molecule has 3 amide bonds. The van der Waals surface area contributed by atoms with E-state index in [0.717, 1.165) is 36.0 Å². The van der Waals surface area contributed by atoms with E-state index in [1.54, 1.807) is 4.90 Å². The molecule has 1 aliphatic heterocycles. The van der Waals surface area contributed by atoms with Gasteiger partial charge < -0.3 is 45.0 Å². The van der Waals surface area contributed by atoms with E-state index < -0.39 is 23.4 Å². The highest BCUT2D eigenvalue weighted by atomic mass is 16.6. The van der Waals surface area contributed by atoms with Gasteiger partial charge in [0.1, 0.15) is 31.0 Å². The third kappa shape index (κ3) is 11.2. The second-order valence-electron chi connectivity index (χ2n) is 13.5. The summed E-state index contributed by atoms with van der Waals surface area (Å²) in [5.41, 5.74) is 8.99. The normalized spacial score (nSPS) is 17.9. The van der Waals surface area contributed by atoms with Gasteiger partial charge in [-0.25, -0.2) is 0 Å². The van der Waals surface area contributed by atoms with Crippen LogP contribution in [0.15, 0.2) is 42.5 Å². The zero-order valence-electron chi connectivity index (χ0n) is 29.5. The van der Waals surface area contributed by atoms with Gasteiger partial charge >= 0.3 is 0 Å². The fraction of sp³-hybridized carbons (Fsp3) is 0.595. The van der Waals surface area contributed by atoms with E-state index >= 15 is 0 Å². The van der Waals surface area contributed by atoms with E-state index in [4.69, 9.17) is 29.4 Å². The smallest absolute Gasteiger partial charge is 0.246 e. The van der Waals surface area contributed by atoms with Crippen LogP contribution in [0.1, 0.15) is 61.9 Å². The second kappa shape index (κ2) is 19.0. The van der Waals surface area contributed by atoms with Crippen LogP contribution in [0.25, 0.3) is 0 Å². The minimum absolute atomic E-state index is 0.129. The predicted octanol–water partition coefficient (Wildman–Crippen LogP) is 2.70. The molecule has 0 aromatic heterocycles. The van der Waals surface area contributed by atoms with Gasteiger partial charge in [0.25, 0.3) is 0 Å². The SMILES string of the molecule is COCC(=O)N[C@H](C(=O)N1Cc2cc(OCCOCCOCCOCCN)ccc2C[C@H]1C(=O)N[C@@H]1CCCc2ccccc21)C(C)(C)C. The molecule has 0 bridgehead atoms. The maximum absolute atomic E-state index is 14.4.